The van der Waals surface area contributed by atoms with Crippen molar-refractivity contribution < 1.29 is 34.1 Å². The number of hydrogen-bond acceptors (Lipinski definition) is 7. The molecule has 0 aromatic heterocycles. The molecule has 0 saturated carbocycles. The molecule has 2 rings (SSSR count). The summed E-state index contributed by atoms with van der Waals surface area (Å²) in [6, 6.07) is 0. The Morgan fingerprint density at radius 2 is 1.35 bits per heavy atom. The van der Waals surface area contributed by atoms with Crippen LogP contribution in [0.5, 0.6) is 0 Å². The van der Waals surface area contributed by atoms with Crippen LogP contribution in [-0.4, -0.2) is 59.6 Å². The number of nitrogens with zero attached hydrogens (tertiary/aromatic N) is 2. The molecule has 2 bridgehead atoms. The van der Waals surface area contributed by atoms with Crippen molar-refractivity contribution in [3.63, 3.8) is 0 Å². The Balaban J connectivity index is 2.55. The van der Waals surface area contributed by atoms with Gasteiger partial charge in [-0.3, -0.25) is 9.59 Å². The fraction of sp³-hybridized carbons (Fsp3) is 0.571. The standard InChI is InChI=1S/C14H14N2O7/c17-7-15-5-3-13(11(19)20)9-1-2-10(23-9)14(13,12(21)22)4-6-16-8-18/h1-2,9-10H,3-6H2,(H,19,20)(H,21,22). The first kappa shape index (κ1) is 16.8. The van der Waals surface area contributed by atoms with E-state index < -0.39 is 35.0 Å². The predicted molar refractivity (Wildman–Crippen MR) is 73.1 cm³/mol. The van der Waals surface area contributed by atoms with E-state index in [-0.39, 0.29) is 25.9 Å². The summed E-state index contributed by atoms with van der Waals surface area (Å²) in [5.74, 6) is -2.71. The van der Waals surface area contributed by atoms with Gasteiger partial charge >= 0.3 is 11.9 Å². The smallest absolute Gasteiger partial charge is 0.314 e. The van der Waals surface area contributed by atoms with Crippen molar-refractivity contribution in [1.29, 1.82) is 0 Å². The number of rotatable bonds is 8. The summed E-state index contributed by atoms with van der Waals surface area (Å²) in [5, 5.41) is 19.6. The first-order chi connectivity index (χ1) is 11.0. The summed E-state index contributed by atoms with van der Waals surface area (Å²) in [4.78, 5) is 51.3. The zero-order chi connectivity index (χ0) is 17.1. The van der Waals surface area contributed by atoms with Crippen LogP contribution in [-0.2, 0) is 23.9 Å². The minimum absolute atomic E-state index is 0.192. The predicted octanol–water partition coefficient (Wildman–Crippen LogP) is -0.0826. The highest BCUT2D eigenvalue weighted by molar-refractivity contribution is 5.90. The number of fused-ring (bicyclic) bond motifs is 2. The topological polar surface area (TPSA) is 143 Å². The maximum absolute atomic E-state index is 12.0. The Kier molecular flexibility index (Phi) is 4.56. The van der Waals surface area contributed by atoms with Crippen molar-refractivity contribution in [1.82, 2.24) is 0 Å². The minimum atomic E-state index is -1.81. The van der Waals surface area contributed by atoms with E-state index in [1.165, 1.54) is 24.3 Å². The van der Waals surface area contributed by atoms with Gasteiger partial charge in [0.2, 0.25) is 12.2 Å². The first-order valence-corrected chi connectivity index (χ1v) is 6.85. The number of aliphatic imine (C=N–C) groups is 2. The van der Waals surface area contributed by atoms with Crippen LogP contribution in [0.1, 0.15) is 12.8 Å². The largest absolute Gasteiger partial charge is 0.481 e. The van der Waals surface area contributed by atoms with Gasteiger partial charge in [0.05, 0.1) is 25.3 Å². The average molecular weight is 322 g/mol. The van der Waals surface area contributed by atoms with Crippen molar-refractivity contribution in [2.24, 2.45) is 20.8 Å². The van der Waals surface area contributed by atoms with Gasteiger partial charge in [0.15, 0.2) is 0 Å². The molecule has 1 saturated heterocycles. The van der Waals surface area contributed by atoms with Gasteiger partial charge in [-0.2, -0.15) is 0 Å². The number of aliphatic carboxylic acids is 2. The summed E-state index contributed by atoms with van der Waals surface area (Å²) in [6.07, 6.45) is 3.30. The summed E-state index contributed by atoms with van der Waals surface area (Å²) < 4.78 is 5.54. The second-order valence-electron chi connectivity index (χ2n) is 5.36. The lowest BCUT2D eigenvalue weighted by Crippen LogP contribution is -2.58. The van der Waals surface area contributed by atoms with Crippen LogP contribution < -0.4 is 0 Å². The number of hydrogen-bond donors (Lipinski definition) is 2. The van der Waals surface area contributed by atoms with E-state index in [2.05, 4.69) is 9.98 Å². The second kappa shape index (κ2) is 6.26. The lowest BCUT2D eigenvalue weighted by atomic mass is 9.54. The Morgan fingerprint density at radius 3 is 1.65 bits per heavy atom. The molecular formula is C14H14N2O7. The molecule has 2 aliphatic rings. The molecule has 9 heteroatoms. The molecule has 23 heavy (non-hydrogen) atoms. The summed E-state index contributed by atoms with van der Waals surface area (Å²) in [7, 11) is 0. The van der Waals surface area contributed by atoms with E-state index in [4.69, 9.17) is 4.74 Å². The molecule has 9 nitrogen and oxygen atoms in total. The minimum Gasteiger partial charge on any atom is -0.481 e. The molecule has 122 valence electrons. The molecule has 0 spiro atoms. The number of ether oxygens (including phenoxy) is 1. The lowest BCUT2D eigenvalue weighted by Gasteiger charge is -2.43. The summed E-state index contributed by atoms with van der Waals surface area (Å²) >= 11 is 0. The summed E-state index contributed by atoms with van der Waals surface area (Å²) in [6.45, 7) is -0.385. The van der Waals surface area contributed by atoms with Gasteiger partial charge in [-0.15, -0.1) is 0 Å². The van der Waals surface area contributed by atoms with Crippen LogP contribution in [0.15, 0.2) is 22.1 Å². The van der Waals surface area contributed by atoms with Crippen LogP contribution in [0, 0.1) is 10.8 Å². The molecular weight excluding hydrogens is 308 g/mol. The molecule has 0 amide bonds. The fourth-order valence-electron chi connectivity index (χ4n) is 3.64. The van der Waals surface area contributed by atoms with Gasteiger partial charge in [-0.25, -0.2) is 19.6 Å². The van der Waals surface area contributed by atoms with Crippen molar-refractivity contribution in [2.45, 2.75) is 25.0 Å². The number of carboxylic acids is 2. The Morgan fingerprint density at radius 1 is 0.957 bits per heavy atom. The average Bonchev–Trinajstić information content (AvgIpc) is 3.08. The van der Waals surface area contributed by atoms with Gasteiger partial charge < -0.3 is 14.9 Å². The first-order valence-electron chi connectivity index (χ1n) is 6.85. The van der Waals surface area contributed by atoms with Crippen molar-refractivity contribution >= 4 is 24.1 Å². The van der Waals surface area contributed by atoms with E-state index in [9.17, 15) is 29.4 Å². The van der Waals surface area contributed by atoms with Crippen LogP contribution in [0.3, 0.4) is 0 Å². The van der Waals surface area contributed by atoms with Crippen molar-refractivity contribution in [3.05, 3.63) is 12.2 Å². The van der Waals surface area contributed by atoms with E-state index in [1.807, 2.05) is 0 Å². The third-order valence-corrected chi connectivity index (χ3v) is 4.65. The fourth-order valence-corrected chi connectivity index (χ4v) is 3.64. The van der Waals surface area contributed by atoms with Crippen LogP contribution >= 0.6 is 0 Å². The van der Waals surface area contributed by atoms with E-state index in [0.29, 0.717) is 0 Å². The molecule has 4 unspecified atom stereocenters. The molecule has 2 aliphatic heterocycles. The number of carboxylic acid groups (broad SMARTS) is 2. The zero-order valence-corrected chi connectivity index (χ0v) is 12.0. The third kappa shape index (κ3) is 2.22. The Bertz CT molecular complexity index is 594. The van der Waals surface area contributed by atoms with Crippen molar-refractivity contribution in [3.8, 4) is 0 Å². The molecule has 2 heterocycles. The molecule has 4 atom stereocenters. The zero-order valence-electron chi connectivity index (χ0n) is 12.0. The Hall–Kier alpha value is -2.60. The molecule has 2 N–H and O–H groups in total. The maximum atomic E-state index is 12.0. The maximum Gasteiger partial charge on any atom is 0.314 e. The molecule has 0 radical (unpaired) electrons. The van der Waals surface area contributed by atoms with Crippen molar-refractivity contribution in [2.75, 3.05) is 13.1 Å². The van der Waals surface area contributed by atoms with Gasteiger partial charge in [0.25, 0.3) is 0 Å². The number of isocyanates is 2. The number of carbonyl (C=O) groups excluding carboxylic acids is 2. The van der Waals surface area contributed by atoms with E-state index in [0.717, 1.165) is 0 Å². The number of carbonyl (C=O) groups is 2. The SMILES string of the molecule is O=C=NCCC1(C(=O)O)C2C=CC(O2)C1(CCN=C=O)C(=O)O. The summed E-state index contributed by atoms with van der Waals surface area (Å²) in [5.41, 5.74) is -3.62. The highest BCUT2D eigenvalue weighted by Gasteiger charge is 2.74. The van der Waals surface area contributed by atoms with Gasteiger partial charge in [-0.1, -0.05) is 12.2 Å². The molecule has 0 aliphatic carbocycles. The monoisotopic (exact) mass is 322 g/mol. The van der Waals surface area contributed by atoms with Gasteiger partial charge in [0, 0.05) is 0 Å². The van der Waals surface area contributed by atoms with Gasteiger partial charge in [0.1, 0.15) is 10.8 Å². The highest BCUT2D eigenvalue weighted by Crippen LogP contribution is 2.61. The molecule has 0 aromatic carbocycles. The molecule has 1 fully saturated rings. The van der Waals surface area contributed by atoms with Crippen LogP contribution in [0.2, 0.25) is 0 Å². The van der Waals surface area contributed by atoms with E-state index >= 15 is 0 Å². The lowest BCUT2D eigenvalue weighted by molar-refractivity contribution is -0.173. The highest BCUT2D eigenvalue weighted by atomic mass is 16.5. The quantitative estimate of drug-likeness (QED) is 0.361. The van der Waals surface area contributed by atoms with Gasteiger partial charge in [-0.05, 0) is 12.8 Å². The molecule has 0 aromatic rings. The van der Waals surface area contributed by atoms with E-state index in [1.54, 1.807) is 0 Å². The third-order valence-electron chi connectivity index (χ3n) is 4.65. The van der Waals surface area contributed by atoms with Crippen LogP contribution in [0.25, 0.3) is 0 Å². The Labute approximate surface area is 130 Å². The normalized spacial score (nSPS) is 33.7. The van der Waals surface area contributed by atoms with Crippen LogP contribution in [0.4, 0.5) is 0 Å². The second-order valence-corrected chi connectivity index (χ2v) is 5.36.